The van der Waals surface area contributed by atoms with Crippen LogP contribution in [0.4, 0.5) is 0 Å². The van der Waals surface area contributed by atoms with E-state index < -0.39 is 0 Å². The Bertz CT molecular complexity index is 1090. The molecule has 0 spiro atoms. The third-order valence-corrected chi connectivity index (χ3v) is 5.59. The van der Waals surface area contributed by atoms with Crippen molar-refractivity contribution >= 4 is 44.7 Å². The third-order valence-electron chi connectivity index (χ3n) is 4.26. The lowest BCUT2D eigenvalue weighted by atomic mass is 10.1. The second-order valence-electron chi connectivity index (χ2n) is 6.46. The fourth-order valence-corrected chi connectivity index (χ4v) is 3.81. The summed E-state index contributed by atoms with van der Waals surface area (Å²) in [5.74, 6) is 1.36. The molecule has 31 heavy (non-hydrogen) atoms. The van der Waals surface area contributed by atoms with Gasteiger partial charge in [0.15, 0.2) is 11.5 Å². The molecule has 0 aliphatic carbocycles. The molecular formula is C24H20BrIN2O3. The summed E-state index contributed by atoms with van der Waals surface area (Å²) < 4.78 is 13.8. The first-order valence-electron chi connectivity index (χ1n) is 9.57. The quantitative estimate of drug-likeness (QED) is 0.163. The molecule has 0 saturated heterocycles. The lowest BCUT2D eigenvalue weighted by Crippen LogP contribution is -2.02. The Morgan fingerprint density at radius 2 is 1.84 bits per heavy atom. The van der Waals surface area contributed by atoms with Crippen LogP contribution < -0.4 is 9.47 Å². The summed E-state index contributed by atoms with van der Waals surface area (Å²) in [4.78, 5) is 5.39. The number of hydrogen-bond acceptors (Lipinski definition) is 5. The molecule has 0 radical (unpaired) electrons. The number of ether oxygens (including phenoxy) is 2. The third kappa shape index (κ3) is 6.71. The lowest BCUT2D eigenvalue weighted by molar-refractivity contribution is 0.132. The van der Waals surface area contributed by atoms with Crippen molar-refractivity contribution in [3.63, 3.8) is 0 Å². The van der Waals surface area contributed by atoms with Crippen molar-refractivity contribution in [2.45, 2.75) is 20.1 Å². The normalized spacial score (nSPS) is 10.6. The second-order valence-corrected chi connectivity index (χ2v) is 8.53. The highest BCUT2D eigenvalue weighted by atomic mass is 127. The molecule has 0 saturated carbocycles. The molecule has 0 bridgehead atoms. The van der Waals surface area contributed by atoms with Crippen molar-refractivity contribution in [1.29, 1.82) is 5.26 Å². The first-order chi connectivity index (χ1) is 15.1. The predicted octanol–water partition coefficient (Wildman–Crippen LogP) is 6.45. The summed E-state index contributed by atoms with van der Waals surface area (Å²) in [6.07, 6.45) is 1.62. The molecule has 0 heterocycles. The average molecular weight is 591 g/mol. The van der Waals surface area contributed by atoms with E-state index in [0.717, 1.165) is 24.7 Å². The number of benzene rings is 3. The minimum atomic E-state index is 0.226. The Balaban J connectivity index is 1.69. The smallest absolute Gasteiger partial charge is 0.175 e. The summed E-state index contributed by atoms with van der Waals surface area (Å²) in [5, 5.41) is 13.2. The maximum absolute atomic E-state index is 9.15. The maximum atomic E-state index is 9.15. The van der Waals surface area contributed by atoms with Gasteiger partial charge in [-0.25, -0.2) is 0 Å². The molecule has 0 aliphatic heterocycles. The fourth-order valence-electron chi connectivity index (χ4n) is 2.76. The highest BCUT2D eigenvalue weighted by Crippen LogP contribution is 2.34. The molecule has 0 atom stereocenters. The zero-order valence-corrected chi connectivity index (χ0v) is 20.6. The van der Waals surface area contributed by atoms with Crippen LogP contribution in [-0.4, -0.2) is 12.8 Å². The monoisotopic (exact) mass is 590 g/mol. The first-order valence-corrected chi connectivity index (χ1v) is 11.4. The molecule has 3 aromatic rings. The minimum absolute atomic E-state index is 0.226. The largest absolute Gasteiger partial charge is 0.490 e. The van der Waals surface area contributed by atoms with Gasteiger partial charge in [-0.1, -0.05) is 51.4 Å². The van der Waals surface area contributed by atoms with Gasteiger partial charge in [0.25, 0.3) is 0 Å². The molecule has 0 aromatic heterocycles. The van der Waals surface area contributed by atoms with E-state index in [0.29, 0.717) is 30.3 Å². The van der Waals surface area contributed by atoms with Gasteiger partial charge in [-0.3, -0.25) is 0 Å². The minimum Gasteiger partial charge on any atom is -0.490 e. The summed E-state index contributed by atoms with van der Waals surface area (Å²) in [6, 6.07) is 21.3. The zero-order chi connectivity index (χ0) is 22.1. The second kappa shape index (κ2) is 11.7. The number of nitriles is 1. The Morgan fingerprint density at radius 1 is 1.06 bits per heavy atom. The first kappa shape index (κ1) is 23.1. The van der Waals surface area contributed by atoms with Crippen LogP contribution in [0.25, 0.3) is 0 Å². The van der Waals surface area contributed by atoms with E-state index in [1.807, 2.05) is 61.5 Å². The van der Waals surface area contributed by atoms with Gasteiger partial charge < -0.3 is 14.3 Å². The van der Waals surface area contributed by atoms with Gasteiger partial charge in [0.1, 0.15) is 13.2 Å². The molecule has 0 N–H and O–H groups in total. The van der Waals surface area contributed by atoms with Crippen LogP contribution in [0.3, 0.4) is 0 Å². The summed E-state index contributed by atoms with van der Waals surface area (Å²) in [7, 11) is 0. The van der Waals surface area contributed by atoms with E-state index in [1.165, 1.54) is 0 Å². The van der Waals surface area contributed by atoms with Gasteiger partial charge in [-0.2, -0.15) is 5.26 Å². The van der Waals surface area contributed by atoms with Crippen molar-refractivity contribution in [3.05, 3.63) is 91.0 Å². The van der Waals surface area contributed by atoms with Crippen molar-refractivity contribution in [2.75, 3.05) is 6.61 Å². The molecule has 5 nitrogen and oxygen atoms in total. The van der Waals surface area contributed by atoms with Gasteiger partial charge in [0.2, 0.25) is 0 Å². The van der Waals surface area contributed by atoms with E-state index in [1.54, 1.807) is 12.3 Å². The van der Waals surface area contributed by atoms with E-state index in [4.69, 9.17) is 19.6 Å². The van der Waals surface area contributed by atoms with Gasteiger partial charge >= 0.3 is 0 Å². The topological polar surface area (TPSA) is 63.8 Å². The summed E-state index contributed by atoms with van der Waals surface area (Å²) >= 11 is 5.67. The molecular weight excluding hydrogens is 571 g/mol. The maximum Gasteiger partial charge on any atom is 0.175 e. The van der Waals surface area contributed by atoms with E-state index >= 15 is 0 Å². The van der Waals surface area contributed by atoms with Gasteiger partial charge in [-0.15, -0.1) is 0 Å². The van der Waals surface area contributed by atoms with Crippen LogP contribution in [0, 0.1) is 14.9 Å². The van der Waals surface area contributed by atoms with Crippen LogP contribution in [0.2, 0.25) is 0 Å². The van der Waals surface area contributed by atoms with E-state index in [9.17, 15) is 0 Å². The van der Waals surface area contributed by atoms with Gasteiger partial charge in [0.05, 0.1) is 28.0 Å². The standard InChI is InChI=1S/C24H20BrIN2O3/c1-2-29-23-12-18(14-28-31-16-20-6-4-3-5-19(20)13-27)11-22(26)24(23)30-15-17-7-9-21(25)10-8-17/h3-12,14H,2,15-16H2,1H3/b28-14-. The molecule has 0 amide bonds. The highest BCUT2D eigenvalue weighted by Gasteiger charge is 2.12. The predicted molar refractivity (Wildman–Crippen MR) is 132 cm³/mol. The summed E-state index contributed by atoms with van der Waals surface area (Å²) in [5.41, 5.74) is 3.28. The molecule has 0 aliphatic rings. The highest BCUT2D eigenvalue weighted by molar-refractivity contribution is 14.1. The SMILES string of the molecule is CCOc1cc(/C=N\OCc2ccccc2C#N)cc(I)c1OCc1ccc(Br)cc1. The van der Waals surface area contributed by atoms with Gasteiger partial charge in [0, 0.05) is 15.6 Å². The Labute approximate surface area is 203 Å². The Morgan fingerprint density at radius 3 is 2.58 bits per heavy atom. The van der Waals surface area contributed by atoms with E-state index in [2.05, 4.69) is 49.7 Å². The number of rotatable bonds is 9. The van der Waals surface area contributed by atoms with Crippen molar-refractivity contribution in [1.82, 2.24) is 0 Å². The van der Waals surface area contributed by atoms with Crippen LogP contribution in [0.5, 0.6) is 11.5 Å². The van der Waals surface area contributed by atoms with Crippen LogP contribution in [0.15, 0.2) is 70.3 Å². The van der Waals surface area contributed by atoms with Crippen LogP contribution >= 0.6 is 38.5 Å². The van der Waals surface area contributed by atoms with Crippen LogP contribution in [0.1, 0.15) is 29.2 Å². The Kier molecular flexibility index (Phi) is 8.74. The lowest BCUT2D eigenvalue weighted by Gasteiger charge is -2.14. The molecule has 3 rings (SSSR count). The van der Waals surface area contributed by atoms with Crippen molar-refractivity contribution < 1.29 is 14.3 Å². The van der Waals surface area contributed by atoms with Crippen molar-refractivity contribution in [2.24, 2.45) is 5.16 Å². The number of nitrogens with zero attached hydrogens (tertiary/aromatic N) is 2. The van der Waals surface area contributed by atoms with Crippen molar-refractivity contribution in [3.8, 4) is 17.6 Å². The molecule has 0 unspecified atom stereocenters. The van der Waals surface area contributed by atoms with E-state index in [-0.39, 0.29) is 6.61 Å². The average Bonchev–Trinajstić information content (AvgIpc) is 2.78. The molecule has 0 fully saturated rings. The fraction of sp³-hybridized carbons (Fsp3) is 0.167. The number of halogens is 2. The van der Waals surface area contributed by atoms with Crippen LogP contribution in [-0.2, 0) is 18.1 Å². The summed E-state index contributed by atoms with van der Waals surface area (Å²) in [6.45, 7) is 3.12. The number of hydrogen-bond donors (Lipinski definition) is 0. The molecule has 158 valence electrons. The van der Waals surface area contributed by atoms with Gasteiger partial charge in [-0.05, 0) is 65.4 Å². The zero-order valence-electron chi connectivity index (χ0n) is 16.8. The number of oxime groups is 1. The molecule has 3 aromatic carbocycles. The molecule has 7 heteroatoms. The Hall–Kier alpha value is -2.57.